The van der Waals surface area contributed by atoms with Crippen molar-refractivity contribution in [3.8, 4) is 16.9 Å². The van der Waals surface area contributed by atoms with Crippen LogP contribution in [0.2, 0.25) is 0 Å². The molecule has 1 N–H and O–H groups in total. The molecule has 0 aliphatic carbocycles. The summed E-state index contributed by atoms with van der Waals surface area (Å²) in [6.45, 7) is 5.43. The molecule has 5 rings (SSSR count). The molecule has 4 aromatic rings. The van der Waals surface area contributed by atoms with Gasteiger partial charge in [-0.3, -0.25) is 4.90 Å². The van der Waals surface area contributed by atoms with Crippen LogP contribution in [0.5, 0.6) is 5.75 Å². The number of nitrogens with one attached hydrogen (secondary N) is 1. The van der Waals surface area contributed by atoms with E-state index in [9.17, 15) is 0 Å². The first-order valence-corrected chi connectivity index (χ1v) is 11.3. The fraction of sp³-hybridized carbons (Fsp3) is 0.259. The van der Waals surface area contributed by atoms with Crippen molar-refractivity contribution in [3.63, 3.8) is 0 Å². The van der Waals surface area contributed by atoms with Crippen LogP contribution in [0.1, 0.15) is 5.56 Å². The molecule has 168 valence electrons. The molecule has 1 fully saturated rings. The molecule has 2 heterocycles. The molecule has 6 heteroatoms. The van der Waals surface area contributed by atoms with Crippen LogP contribution in [0.15, 0.2) is 72.9 Å². The molecule has 6 nitrogen and oxygen atoms in total. The maximum Gasteiger partial charge on any atom is 0.227 e. The number of benzene rings is 3. The number of rotatable bonds is 6. The van der Waals surface area contributed by atoms with Crippen LogP contribution in [0.4, 0.5) is 11.6 Å². The lowest BCUT2D eigenvalue weighted by atomic mass is 10.0. The maximum atomic E-state index is 5.30. The number of piperazine rings is 1. The molecule has 1 aliphatic heterocycles. The molecular weight excluding hydrogens is 410 g/mol. The summed E-state index contributed by atoms with van der Waals surface area (Å²) in [5, 5.41) is 4.42. The summed E-state index contributed by atoms with van der Waals surface area (Å²) < 4.78 is 5.30. The van der Waals surface area contributed by atoms with Gasteiger partial charge in [0.05, 0.1) is 12.6 Å². The van der Waals surface area contributed by atoms with Gasteiger partial charge in [0.2, 0.25) is 5.95 Å². The highest BCUT2D eigenvalue weighted by molar-refractivity contribution is 5.93. The van der Waals surface area contributed by atoms with E-state index in [0.29, 0.717) is 5.95 Å². The maximum absolute atomic E-state index is 5.30. The van der Waals surface area contributed by atoms with Crippen LogP contribution in [0.3, 0.4) is 0 Å². The summed E-state index contributed by atoms with van der Waals surface area (Å²) in [6.07, 6.45) is 1.88. The van der Waals surface area contributed by atoms with Gasteiger partial charge in [-0.15, -0.1) is 0 Å². The monoisotopic (exact) mass is 439 g/mol. The van der Waals surface area contributed by atoms with Crippen molar-refractivity contribution < 1.29 is 4.74 Å². The Kier molecular flexibility index (Phi) is 6.19. The predicted molar refractivity (Wildman–Crippen MR) is 134 cm³/mol. The Balaban J connectivity index is 1.38. The largest absolute Gasteiger partial charge is 0.497 e. The van der Waals surface area contributed by atoms with Gasteiger partial charge >= 0.3 is 0 Å². The van der Waals surface area contributed by atoms with Crippen LogP contribution in [0.25, 0.3) is 22.0 Å². The minimum atomic E-state index is 0.597. The molecule has 0 bridgehead atoms. The first-order valence-electron chi connectivity index (χ1n) is 11.3. The number of anilines is 2. The minimum Gasteiger partial charge on any atom is -0.497 e. The fourth-order valence-electron chi connectivity index (χ4n) is 4.26. The van der Waals surface area contributed by atoms with Gasteiger partial charge in [0.15, 0.2) is 0 Å². The molecule has 0 amide bonds. The molecule has 1 aromatic heterocycles. The Labute approximate surface area is 194 Å². The molecule has 0 atom stereocenters. The smallest absolute Gasteiger partial charge is 0.227 e. The summed E-state index contributed by atoms with van der Waals surface area (Å²) in [5.41, 5.74) is 5.39. The van der Waals surface area contributed by atoms with Crippen molar-refractivity contribution in [2.45, 2.75) is 6.54 Å². The highest BCUT2D eigenvalue weighted by Gasteiger charge is 2.14. The van der Waals surface area contributed by atoms with Gasteiger partial charge in [0, 0.05) is 55.6 Å². The normalized spacial score (nSPS) is 15.0. The van der Waals surface area contributed by atoms with Crippen molar-refractivity contribution >= 4 is 22.5 Å². The van der Waals surface area contributed by atoms with E-state index in [4.69, 9.17) is 9.72 Å². The van der Waals surface area contributed by atoms with E-state index in [1.807, 2.05) is 30.5 Å². The zero-order chi connectivity index (χ0) is 22.6. The molecule has 0 unspecified atom stereocenters. The molecule has 3 aromatic carbocycles. The zero-order valence-corrected chi connectivity index (χ0v) is 19.2. The van der Waals surface area contributed by atoms with Gasteiger partial charge < -0.3 is 15.0 Å². The Morgan fingerprint density at radius 1 is 0.939 bits per heavy atom. The van der Waals surface area contributed by atoms with E-state index >= 15 is 0 Å². The van der Waals surface area contributed by atoms with Crippen molar-refractivity contribution in [2.24, 2.45) is 0 Å². The summed E-state index contributed by atoms with van der Waals surface area (Å²) in [7, 11) is 3.86. The number of para-hydroxylation sites is 1. The number of methoxy groups -OCH3 is 1. The first-order chi connectivity index (χ1) is 16.2. The van der Waals surface area contributed by atoms with Crippen LogP contribution in [0, 0.1) is 0 Å². The Hall–Kier alpha value is -3.48. The number of nitrogens with zero attached hydrogens (tertiary/aromatic N) is 4. The summed E-state index contributed by atoms with van der Waals surface area (Å²) >= 11 is 0. The average molecular weight is 440 g/mol. The molecule has 0 radical (unpaired) electrons. The highest BCUT2D eigenvalue weighted by Crippen LogP contribution is 2.29. The Morgan fingerprint density at radius 3 is 2.52 bits per heavy atom. The van der Waals surface area contributed by atoms with Crippen LogP contribution in [-0.2, 0) is 6.54 Å². The van der Waals surface area contributed by atoms with E-state index in [1.165, 1.54) is 5.56 Å². The van der Waals surface area contributed by atoms with Crippen molar-refractivity contribution in [3.05, 3.63) is 78.5 Å². The predicted octanol–water partition coefficient (Wildman–Crippen LogP) is 4.80. The zero-order valence-electron chi connectivity index (χ0n) is 19.2. The van der Waals surface area contributed by atoms with Gasteiger partial charge in [0.25, 0.3) is 0 Å². The van der Waals surface area contributed by atoms with Gasteiger partial charge in [-0.05, 0) is 42.4 Å². The average Bonchev–Trinajstić information content (AvgIpc) is 2.85. The van der Waals surface area contributed by atoms with Gasteiger partial charge in [-0.2, -0.15) is 0 Å². The quantitative estimate of drug-likeness (QED) is 0.466. The lowest BCUT2D eigenvalue weighted by molar-refractivity contribution is 0.148. The van der Waals surface area contributed by atoms with Gasteiger partial charge in [-0.1, -0.05) is 42.5 Å². The number of aromatic nitrogens is 2. The number of hydrogen-bond acceptors (Lipinski definition) is 6. The second kappa shape index (κ2) is 9.57. The SMILES string of the molecule is COc1ccc(-c2cccc3cnc(Nc4cccc(CN5CCN(C)CC5)c4)nc23)cc1. The lowest BCUT2D eigenvalue weighted by Crippen LogP contribution is -2.43. The summed E-state index contributed by atoms with van der Waals surface area (Å²) in [5.74, 6) is 1.44. The fourth-order valence-corrected chi connectivity index (χ4v) is 4.26. The molecule has 33 heavy (non-hydrogen) atoms. The molecule has 1 aliphatic rings. The third-order valence-corrected chi connectivity index (χ3v) is 6.20. The third-order valence-electron chi connectivity index (χ3n) is 6.20. The highest BCUT2D eigenvalue weighted by atomic mass is 16.5. The standard InChI is InChI=1S/C27H29N5O/c1-31-13-15-32(16-14-31)19-20-5-3-7-23(17-20)29-27-28-18-22-6-4-8-25(26(22)30-27)21-9-11-24(33-2)12-10-21/h3-12,17-18H,13-16,19H2,1-2H3,(H,28,29,30). The van der Waals surface area contributed by atoms with Crippen molar-refractivity contribution in [2.75, 3.05) is 45.7 Å². The van der Waals surface area contributed by atoms with Crippen LogP contribution in [-0.4, -0.2) is 60.1 Å². The molecule has 0 saturated carbocycles. The molecule has 0 spiro atoms. The second-order valence-electron chi connectivity index (χ2n) is 8.57. The van der Waals surface area contributed by atoms with E-state index in [0.717, 1.165) is 66.2 Å². The first kappa shape index (κ1) is 21.4. The van der Waals surface area contributed by atoms with Gasteiger partial charge in [0.1, 0.15) is 5.75 Å². The number of ether oxygens (including phenoxy) is 1. The van der Waals surface area contributed by atoms with Crippen molar-refractivity contribution in [1.29, 1.82) is 0 Å². The third kappa shape index (κ3) is 4.97. The number of likely N-dealkylation sites (N-methyl/N-ethyl adjacent to an activating group) is 1. The Morgan fingerprint density at radius 2 is 1.73 bits per heavy atom. The van der Waals surface area contributed by atoms with E-state index in [1.54, 1.807) is 7.11 Å². The lowest BCUT2D eigenvalue weighted by Gasteiger charge is -2.32. The second-order valence-corrected chi connectivity index (χ2v) is 8.57. The number of fused-ring (bicyclic) bond motifs is 1. The van der Waals surface area contributed by atoms with E-state index < -0.39 is 0 Å². The topological polar surface area (TPSA) is 53.5 Å². The van der Waals surface area contributed by atoms with Gasteiger partial charge in [-0.25, -0.2) is 9.97 Å². The van der Waals surface area contributed by atoms with Crippen LogP contribution < -0.4 is 10.1 Å². The minimum absolute atomic E-state index is 0.597. The molecular formula is C27H29N5O. The van der Waals surface area contributed by atoms with E-state index in [-0.39, 0.29) is 0 Å². The summed E-state index contributed by atoms with van der Waals surface area (Å²) in [4.78, 5) is 14.3. The Bertz CT molecular complexity index is 1230. The van der Waals surface area contributed by atoms with E-state index in [2.05, 4.69) is 69.6 Å². The number of hydrogen-bond donors (Lipinski definition) is 1. The molecule has 1 saturated heterocycles. The summed E-state index contributed by atoms with van der Waals surface area (Å²) in [6, 6.07) is 22.8. The van der Waals surface area contributed by atoms with Crippen molar-refractivity contribution in [1.82, 2.24) is 19.8 Å². The van der Waals surface area contributed by atoms with Crippen LogP contribution >= 0.6 is 0 Å².